The highest BCUT2D eigenvalue weighted by Gasteiger charge is 2.19. The van der Waals surface area contributed by atoms with Gasteiger partial charge in [0.05, 0.1) is 18.8 Å². The Kier molecular flexibility index (Phi) is 5.15. The average molecular weight is 221 g/mol. The first kappa shape index (κ1) is 12.9. The lowest BCUT2D eigenvalue weighted by atomic mass is 10.1. The van der Waals surface area contributed by atoms with Crippen LogP contribution < -0.4 is 5.73 Å². The molecule has 0 amide bonds. The zero-order valence-corrected chi connectivity index (χ0v) is 9.85. The predicted molar refractivity (Wildman–Crippen MR) is 64.0 cm³/mol. The molecule has 0 aromatic heterocycles. The maximum absolute atomic E-state index is 11.4. The maximum Gasteiger partial charge on any atom is 0.151 e. The third-order valence-corrected chi connectivity index (χ3v) is 2.58. The van der Waals surface area contributed by atoms with Gasteiger partial charge in [-0.3, -0.25) is 4.79 Å². The van der Waals surface area contributed by atoms with Crippen LogP contribution in [0.15, 0.2) is 30.3 Å². The molecule has 0 aliphatic rings. The van der Waals surface area contributed by atoms with Crippen LogP contribution in [0.3, 0.4) is 0 Å². The van der Waals surface area contributed by atoms with E-state index in [2.05, 4.69) is 0 Å². The fraction of sp³-hybridized carbons (Fsp3) is 0.462. The Bertz CT molecular complexity index is 324. The van der Waals surface area contributed by atoms with Gasteiger partial charge in [-0.1, -0.05) is 37.3 Å². The summed E-state index contributed by atoms with van der Waals surface area (Å²) in [6, 6.07) is 9.33. The number of benzene rings is 1. The van der Waals surface area contributed by atoms with Crippen molar-refractivity contribution in [3.05, 3.63) is 35.9 Å². The minimum atomic E-state index is -0.520. The second-order valence-corrected chi connectivity index (χ2v) is 3.85. The molecule has 0 unspecified atom stereocenters. The maximum atomic E-state index is 11.4. The second-order valence-electron chi connectivity index (χ2n) is 3.85. The van der Waals surface area contributed by atoms with Gasteiger partial charge in [0.1, 0.15) is 0 Å². The highest BCUT2D eigenvalue weighted by atomic mass is 16.5. The van der Waals surface area contributed by atoms with E-state index in [1.54, 1.807) is 0 Å². The third-order valence-electron chi connectivity index (χ3n) is 2.58. The highest BCUT2D eigenvalue weighted by Crippen LogP contribution is 2.06. The number of ketones is 1. The van der Waals surface area contributed by atoms with Crippen molar-refractivity contribution in [1.82, 2.24) is 0 Å². The number of ether oxygens (including phenoxy) is 1. The van der Waals surface area contributed by atoms with Crippen LogP contribution in [0.4, 0.5) is 0 Å². The van der Waals surface area contributed by atoms with Crippen molar-refractivity contribution >= 4 is 5.78 Å². The zero-order valence-electron chi connectivity index (χ0n) is 9.85. The monoisotopic (exact) mass is 221 g/mol. The Balaban J connectivity index is 2.41. The summed E-state index contributed by atoms with van der Waals surface area (Å²) < 4.78 is 5.57. The number of nitrogens with two attached hydrogens (primary N) is 1. The summed E-state index contributed by atoms with van der Waals surface area (Å²) in [5.74, 6) is 0.0422. The van der Waals surface area contributed by atoms with Gasteiger partial charge >= 0.3 is 0 Å². The molecule has 0 aliphatic heterocycles. The first-order valence-corrected chi connectivity index (χ1v) is 5.59. The van der Waals surface area contributed by atoms with Crippen molar-refractivity contribution < 1.29 is 9.53 Å². The molecular formula is C13H19NO2. The summed E-state index contributed by atoms with van der Waals surface area (Å²) in [6.45, 7) is 4.14. The standard InChI is InChI=1S/C13H19NO2/c1-3-12(15)13(14)10(2)16-9-11-7-5-4-6-8-11/h4-8,10,13H,3,9,14H2,1-2H3/t10-,13+/m0/s1. The topological polar surface area (TPSA) is 52.3 Å². The van der Waals surface area contributed by atoms with E-state index in [4.69, 9.17) is 10.5 Å². The Labute approximate surface area is 96.6 Å². The Morgan fingerprint density at radius 3 is 2.56 bits per heavy atom. The van der Waals surface area contributed by atoms with Crippen LogP contribution in [0.5, 0.6) is 0 Å². The van der Waals surface area contributed by atoms with Crippen LogP contribution in [-0.2, 0) is 16.1 Å². The third kappa shape index (κ3) is 3.76. The average Bonchev–Trinajstić information content (AvgIpc) is 2.35. The number of hydrogen-bond acceptors (Lipinski definition) is 3. The number of carbonyl (C=O) groups excluding carboxylic acids is 1. The van der Waals surface area contributed by atoms with Gasteiger partial charge in [0.2, 0.25) is 0 Å². The fourth-order valence-electron chi connectivity index (χ4n) is 1.40. The van der Waals surface area contributed by atoms with Crippen molar-refractivity contribution in [1.29, 1.82) is 0 Å². The highest BCUT2D eigenvalue weighted by molar-refractivity contribution is 5.84. The molecule has 1 aromatic rings. The summed E-state index contributed by atoms with van der Waals surface area (Å²) in [4.78, 5) is 11.4. The Morgan fingerprint density at radius 2 is 2.00 bits per heavy atom. The van der Waals surface area contributed by atoms with Crippen LogP contribution in [0, 0.1) is 0 Å². The molecule has 0 saturated heterocycles. The van der Waals surface area contributed by atoms with Crippen LogP contribution >= 0.6 is 0 Å². The molecule has 2 atom stereocenters. The quantitative estimate of drug-likeness (QED) is 0.798. The molecular weight excluding hydrogens is 202 g/mol. The summed E-state index contributed by atoms with van der Waals surface area (Å²) in [7, 11) is 0. The van der Waals surface area contributed by atoms with Gasteiger partial charge in [0.25, 0.3) is 0 Å². The molecule has 0 aliphatic carbocycles. The molecule has 1 aromatic carbocycles. The van der Waals surface area contributed by atoms with Gasteiger partial charge < -0.3 is 10.5 Å². The molecule has 0 heterocycles. The molecule has 1 rings (SSSR count). The van der Waals surface area contributed by atoms with Crippen LogP contribution in [0.2, 0.25) is 0 Å². The van der Waals surface area contributed by atoms with Gasteiger partial charge in [-0.2, -0.15) is 0 Å². The summed E-state index contributed by atoms with van der Waals surface area (Å²) in [5.41, 5.74) is 6.85. The molecule has 2 N–H and O–H groups in total. The lowest BCUT2D eigenvalue weighted by molar-refractivity contribution is -0.123. The van der Waals surface area contributed by atoms with Crippen molar-refractivity contribution in [2.75, 3.05) is 0 Å². The van der Waals surface area contributed by atoms with Crippen LogP contribution in [0.1, 0.15) is 25.8 Å². The predicted octanol–water partition coefficient (Wildman–Crippen LogP) is 1.90. The lowest BCUT2D eigenvalue weighted by Crippen LogP contribution is -2.41. The number of Topliss-reactive ketones (excluding diaryl/α,β-unsaturated/α-hetero) is 1. The van der Waals surface area contributed by atoms with Crippen molar-refractivity contribution in [2.45, 2.75) is 39.0 Å². The van der Waals surface area contributed by atoms with E-state index in [9.17, 15) is 4.79 Å². The molecule has 0 radical (unpaired) electrons. The Morgan fingerprint density at radius 1 is 1.38 bits per heavy atom. The van der Waals surface area contributed by atoms with E-state index in [-0.39, 0.29) is 11.9 Å². The van der Waals surface area contributed by atoms with Gasteiger partial charge in [-0.25, -0.2) is 0 Å². The van der Waals surface area contributed by atoms with Gasteiger partial charge in [-0.05, 0) is 12.5 Å². The van der Waals surface area contributed by atoms with Crippen molar-refractivity contribution in [2.24, 2.45) is 5.73 Å². The SMILES string of the molecule is CCC(=O)[C@H](N)[C@H](C)OCc1ccccc1. The molecule has 0 fully saturated rings. The van der Waals surface area contributed by atoms with Gasteiger partial charge in [0, 0.05) is 6.42 Å². The lowest BCUT2D eigenvalue weighted by Gasteiger charge is -2.18. The molecule has 3 heteroatoms. The Hall–Kier alpha value is -1.19. The minimum Gasteiger partial charge on any atom is -0.372 e. The number of rotatable bonds is 6. The fourth-order valence-corrected chi connectivity index (χ4v) is 1.40. The van der Waals surface area contributed by atoms with E-state index < -0.39 is 6.04 Å². The van der Waals surface area contributed by atoms with Gasteiger partial charge in [0.15, 0.2) is 5.78 Å². The van der Waals surface area contributed by atoms with Gasteiger partial charge in [-0.15, -0.1) is 0 Å². The van der Waals surface area contributed by atoms with E-state index in [0.29, 0.717) is 13.0 Å². The molecule has 16 heavy (non-hydrogen) atoms. The van der Waals surface area contributed by atoms with Crippen molar-refractivity contribution in [3.63, 3.8) is 0 Å². The molecule has 0 bridgehead atoms. The van der Waals surface area contributed by atoms with Crippen LogP contribution in [0.25, 0.3) is 0 Å². The van der Waals surface area contributed by atoms with E-state index in [1.165, 1.54) is 0 Å². The first-order valence-electron chi connectivity index (χ1n) is 5.59. The summed E-state index contributed by atoms with van der Waals surface area (Å²) >= 11 is 0. The molecule has 0 spiro atoms. The van der Waals surface area contributed by atoms with E-state index in [0.717, 1.165) is 5.56 Å². The van der Waals surface area contributed by atoms with E-state index in [1.807, 2.05) is 44.2 Å². The number of carbonyl (C=O) groups is 1. The first-order chi connectivity index (χ1) is 7.65. The van der Waals surface area contributed by atoms with Crippen LogP contribution in [-0.4, -0.2) is 17.9 Å². The summed E-state index contributed by atoms with van der Waals surface area (Å²) in [5, 5.41) is 0. The summed E-state index contributed by atoms with van der Waals surface area (Å²) in [6.07, 6.45) is 0.216. The minimum absolute atomic E-state index is 0.0422. The van der Waals surface area contributed by atoms with Crippen molar-refractivity contribution in [3.8, 4) is 0 Å². The largest absolute Gasteiger partial charge is 0.372 e. The smallest absolute Gasteiger partial charge is 0.151 e. The number of hydrogen-bond donors (Lipinski definition) is 1. The molecule has 0 saturated carbocycles. The van der Waals surface area contributed by atoms with E-state index >= 15 is 0 Å². The normalized spacial score (nSPS) is 14.4. The molecule has 88 valence electrons. The second kappa shape index (κ2) is 6.40. The zero-order chi connectivity index (χ0) is 12.0. The molecule has 3 nitrogen and oxygen atoms in total.